The molecule has 0 bridgehead atoms. The third-order valence-corrected chi connectivity index (χ3v) is 5.11. The number of aryl methyl sites for hydroxylation is 2. The standard InChI is InChI=1S/C25H30N2O2/c1-4-16-29-17-15-21-14-13-20-11-8-12-22(24(20)26-21)25(28)27-23-18(5-2)9-7-10-19(23)6-3/h7-14H,4-6,15-17H2,1-3H3,(H,27,28). The zero-order valence-corrected chi connectivity index (χ0v) is 17.6. The molecule has 0 radical (unpaired) electrons. The molecule has 0 aliphatic heterocycles. The molecule has 29 heavy (non-hydrogen) atoms. The number of anilines is 1. The summed E-state index contributed by atoms with van der Waals surface area (Å²) in [6, 6.07) is 16.0. The van der Waals surface area contributed by atoms with Gasteiger partial charge in [0.2, 0.25) is 0 Å². The second-order valence-electron chi connectivity index (χ2n) is 7.15. The molecule has 0 atom stereocenters. The highest BCUT2D eigenvalue weighted by molar-refractivity contribution is 6.12. The van der Waals surface area contributed by atoms with Crippen LogP contribution in [0.1, 0.15) is 54.4 Å². The van der Waals surface area contributed by atoms with Gasteiger partial charge in [-0.25, -0.2) is 0 Å². The minimum atomic E-state index is -0.113. The number of carbonyl (C=O) groups is 1. The molecule has 1 aromatic heterocycles. The van der Waals surface area contributed by atoms with Gasteiger partial charge < -0.3 is 10.1 Å². The predicted octanol–water partition coefficient (Wildman–Crippen LogP) is 5.58. The van der Waals surface area contributed by atoms with E-state index in [-0.39, 0.29) is 5.91 Å². The predicted molar refractivity (Wildman–Crippen MR) is 120 cm³/mol. The molecule has 3 rings (SSSR count). The molecule has 0 fully saturated rings. The Morgan fingerprint density at radius 3 is 2.34 bits per heavy atom. The average molecular weight is 391 g/mol. The Kier molecular flexibility index (Phi) is 7.36. The fraction of sp³-hybridized carbons (Fsp3) is 0.360. The van der Waals surface area contributed by atoms with Crippen molar-refractivity contribution in [2.24, 2.45) is 0 Å². The van der Waals surface area contributed by atoms with E-state index in [2.05, 4.69) is 44.3 Å². The first-order valence-electron chi connectivity index (χ1n) is 10.6. The first kappa shape index (κ1) is 21.0. The minimum Gasteiger partial charge on any atom is -0.381 e. The molecule has 0 spiro atoms. The van der Waals surface area contributed by atoms with E-state index in [1.165, 1.54) is 0 Å². The Hall–Kier alpha value is -2.72. The summed E-state index contributed by atoms with van der Waals surface area (Å²) in [5.74, 6) is -0.113. The van der Waals surface area contributed by atoms with Crippen LogP contribution in [0.15, 0.2) is 48.5 Å². The van der Waals surface area contributed by atoms with Crippen LogP contribution in [-0.2, 0) is 24.0 Å². The van der Waals surface area contributed by atoms with Crippen LogP contribution in [0, 0.1) is 0 Å². The van der Waals surface area contributed by atoms with E-state index < -0.39 is 0 Å². The van der Waals surface area contributed by atoms with Gasteiger partial charge in [-0.05, 0) is 42.5 Å². The van der Waals surface area contributed by atoms with Crippen LogP contribution in [0.4, 0.5) is 5.69 Å². The number of nitrogens with one attached hydrogen (secondary N) is 1. The van der Waals surface area contributed by atoms with Gasteiger partial charge in [0.1, 0.15) is 0 Å². The van der Waals surface area contributed by atoms with E-state index in [4.69, 9.17) is 9.72 Å². The van der Waals surface area contributed by atoms with E-state index in [1.807, 2.05) is 30.3 Å². The van der Waals surface area contributed by atoms with E-state index in [9.17, 15) is 4.79 Å². The Morgan fingerprint density at radius 1 is 0.931 bits per heavy atom. The summed E-state index contributed by atoms with van der Waals surface area (Å²) in [4.78, 5) is 18.0. The summed E-state index contributed by atoms with van der Waals surface area (Å²) >= 11 is 0. The highest BCUT2D eigenvalue weighted by Crippen LogP contribution is 2.25. The Balaban J connectivity index is 1.90. The van der Waals surface area contributed by atoms with Crippen LogP contribution in [0.2, 0.25) is 0 Å². The number of para-hydroxylation sites is 2. The molecule has 1 heterocycles. The third-order valence-electron chi connectivity index (χ3n) is 5.11. The van der Waals surface area contributed by atoms with E-state index in [0.717, 1.165) is 65.7 Å². The van der Waals surface area contributed by atoms with Gasteiger partial charge in [0, 0.05) is 29.8 Å². The van der Waals surface area contributed by atoms with Gasteiger partial charge in [0.15, 0.2) is 0 Å². The number of nitrogens with zero attached hydrogens (tertiary/aromatic N) is 1. The fourth-order valence-corrected chi connectivity index (χ4v) is 3.52. The summed E-state index contributed by atoms with van der Waals surface area (Å²) < 4.78 is 5.59. The first-order chi connectivity index (χ1) is 14.2. The van der Waals surface area contributed by atoms with Gasteiger partial charge in [-0.1, -0.05) is 57.2 Å². The average Bonchev–Trinajstić information content (AvgIpc) is 2.76. The Morgan fingerprint density at radius 2 is 1.66 bits per heavy atom. The molecule has 1 N–H and O–H groups in total. The third kappa shape index (κ3) is 5.01. The van der Waals surface area contributed by atoms with Crippen molar-refractivity contribution in [1.82, 2.24) is 4.98 Å². The number of aromatic nitrogens is 1. The molecule has 152 valence electrons. The van der Waals surface area contributed by atoms with E-state index >= 15 is 0 Å². The van der Waals surface area contributed by atoms with Crippen molar-refractivity contribution in [3.63, 3.8) is 0 Å². The zero-order valence-electron chi connectivity index (χ0n) is 17.6. The molecule has 4 nitrogen and oxygen atoms in total. The molecular weight excluding hydrogens is 360 g/mol. The summed E-state index contributed by atoms with van der Waals surface area (Å²) in [6.07, 6.45) is 3.50. The minimum absolute atomic E-state index is 0.113. The number of carbonyl (C=O) groups excluding carboxylic acids is 1. The highest BCUT2D eigenvalue weighted by atomic mass is 16.5. The van der Waals surface area contributed by atoms with Crippen LogP contribution >= 0.6 is 0 Å². The van der Waals surface area contributed by atoms with E-state index in [0.29, 0.717) is 12.2 Å². The van der Waals surface area contributed by atoms with Crippen molar-refractivity contribution >= 4 is 22.5 Å². The van der Waals surface area contributed by atoms with Crippen LogP contribution in [0.3, 0.4) is 0 Å². The van der Waals surface area contributed by atoms with Crippen LogP contribution in [-0.4, -0.2) is 24.1 Å². The molecule has 3 aromatic rings. The summed E-state index contributed by atoms with van der Waals surface area (Å²) in [5.41, 5.74) is 5.52. The maximum atomic E-state index is 13.2. The second-order valence-corrected chi connectivity index (χ2v) is 7.15. The second kappa shape index (κ2) is 10.2. The van der Waals surface area contributed by atoms with Crippen molar-refractivity contribution in [3.05, 3.63) is 70.9 Å². The number of hydrogen-bond donors (Lipinski definition) is 1. The molecule has 0 unspecified atom stereocenters. The van der Waals surface area contributed by atoms with Crippen molar-refractivity contribution in [3.8, 4) is 0 Å². The summed E-state index contributed by atoms with van der Waals surface area (Å²) in [5, 5.41) is 4.13. The largest absolute Gasteiger partial charge is 0.381 e. The van der Waals surface area contributed by atoms with Gasteiger partial charge >= 0.3 is 0 Å². The van der Waals surface area contributed by atoms with Gasteiger partial charge in [0.25, 0.3) is 5.91 Å². The van der Waals surface area contributed by atoms with Gasteiger partial charge in [-0.3, -0.25) is 9.78 Å². The Labute approximate surface area is 173 Å². The number of rotatable bonds is 9. The lowest BCUT2D eigenvalue weighted by molar-refractivity contribution is 0.102. The van der Waals surface area contributed by atoms with Crippen molar-refractivity contribution in [2.75, 3.05) is 18.5 Å². The number of amides is 1. The molecular formula is C25H30N2O2. The fourth-order valence-electron chi connectivity index (χ4n) is 3.52. The maximum Gasteiger partial charge on any atom is 0.257 e. The van der Waals surface area contributed by atoms with Crippen molar-refractivity contribution in [2.45, 2.75) is 46.5 Å². The monoisotopic (exact) mass is 390 g/mol. The summed E-state index contributed by atoms with van der Waals surface area (Å²) in [6.45, 7) is 7.72. The van der Waals surface area contributed by atoms with Gasteiger partial charge in [0.05, 0.1) is 17.7 Å². The van der Waals surface area contributed by atoms with Crippen molar-refractivity contribution in [1.29, 1.82) is 0 Å². The lowest BCUT2D eigenvalue weighted by atomic mass is 10.0. The lowest BCUT2D eigenvalue weighted by Gasteiger charge is -2.15. The lowest BCUT2D eigenvalue weighted by Crippen LogP contribution is -2.16. The number of pyridine rings is 1. The smallest absolute Gasteiger partial charge is 0.257 e. The maximum absolute atomic E-state index is 13.2. The number of benzene rings is 2. The topological polar surface area (TPSA) is 51.2 Å². The molecule has 1 amide bonds. The van der Waals surface area contributed by atoms with Crippen LogP contribution in [0.25, 0.3) is 10.9 Å². The molecule has 0 saturated heterocycles. The number of hydrogen-bond acceptors (Lipinski definition) is 3. The van der Waals surface area contributed by atoms with Crippen LogP contribution in [0.5, 0.6) is 0 Å². The highest BCUT2D eigenvalue weighted by Gasteiger charge is 2.15. The number of ether oxygens (including phenoxy) is 1. The Bertz CT molecular complexity index is 959. The quantitative estimate of drug-likeness (QED) is 0.485. The van der Waals surface area contributed by atoms with Gasteiger partial charge in [-0.2, -0.15) is 0 Å². The van der Waals surface area contributed by atoms with Crippen molar-refractivity contribution < 1.29 is 9.53 Å². The zero-order chi connectivity index (χ0) is 20.6. The molecule has 4 heteroatoms. The first-order valence-corrected chi connectivity index (χ1v) is 10.6. The molecule has 0 aliphatic carbocycles. The van der Waals surface area contributed by atoms with Crippen LogP contribution < -0.4 is 5.32 Å². The SMILES string of the molecule is CCCOCCc1ccc2cccc(C(=O)Nc3c(CC)cccc3CC)c2n1. The van der Waals surface area contributed by atoms with E-state index in [1.54, 1.807) is 0 Å². The molecule has 0 aliphatic rings. The molecule has 0 saturated carbocycles. The molecule has 2 aromatic carbocycles. The van der Waals surface area contributed by atoms with Gasteiger partial charge in [-0.15, -0.1) is 0 Å². The summed E-state index contributed by atoms with van der Waals surface area (Å²) in [7, 11) is 0. The normalized spacial score (nSPS) is 11.0. The number of fused-ring (bicyclic) bond motifs is 1.